The van der Waals surface area contributed by atoms with Crippen LogP contribution in [0.2, 0.25) is 0 Å². The van der Waals surface area contributed by atoms with Gasteiger partial charge in [-0.05, 0) is 49.6 Å². The summed E-state index contributed by atoms with van der Waals surface area (Å²) in [4.78, 5) is 11.7. The van der Waals surface area contributed by atoms with E-state index < -0.39 is 5.97 Å². The van der Waals surface area contributed by atoms with Gasteiger partial charge < -0.3 is 5.11 Å². The summed E-state index contributed by atoms with van der Waals surface area (Å²) in [5, 5.41) is 23.0. The van der Waals surface area contributed by atoms with Crippen molar-refractivity contribution in [2.75, 3.05) is 0 Å². The number of aryl methyl sites for hydroxylation is 2. The van der Waals surface area contributed by atoms with Crippen molar-refractivity contribution >= 4 is 5.97 Å². The van der Waals surface area contributed by atoms with E-state index in [9.17, 15) is 9.90 Å². The van der Waals surface area contributed by atoms with Crippen molar-refractivity contribution in [1.29, 1.82) is 5.26 Å². The SMILES string of the molecule is Cc1c(C(=O)O)c(CCc2ccccc2)nn1-c1ccc(C#N)cc1. The first-order chi connectivity index (χ1) is 12.1. The third-order valence-electron chi connectivity index (χ3n) is 4.14. The van der Waals surface area contributed by atoms with Gasteiger partial charge in [0, 0.05) is 0 Å². The molecule has 3 aromatic rings. The summed E-state index contributed by atoms with van der Waals surface area (Å²) < 4.78 is 1.63. The number of carboxylic acid groups (broad SMARTS) is 1. The average Bonchev–Trinajstić information content (AvgIpc) is 2.97. The van der Waals surface area contributed by atoms with Gasteiger partial charge in [-0.2, -0.15) is 10.4 Å². The van der Waals surface area contributed by atoms with Crippen LogP contribution in [0.5, 0.6) is 0 Å². The molecule has 0 bridgehead atoms. The summed E-state index contributed by atoms with van der Waals surface area (Å²) in [7, 11) is 0. The van der Waals surface area contributed by atoms with Gasteiger partial charge in [-0.25, -0.2) is 9.48 Å². The van der Waals surface area contributed by atoms with Crippen molar-refractivity contribution < 1.29 is 9.90 Å². The Hall–Kier alpha value is -3.39. The van der Waals surface area contributed by atoms with Crippen molar-refractivity contribution in [2.45, 2.75) is 19.8 Å². The van der Waals surface area contributed by atoms with E-state index in [-0.39, 0.29) is 5.56 Å². The van der Waals surface area contributed by atoms with E-state index >= 15 is 0 Å². The maximum absolute atomic E-state index is 11.7. The van der Waals surface area contributed by atoms with Gasteiger partial charge in [0.15, 0.2) is 0 Å². The van der Waals surface area contributed by atoms with Crippen LogP contribution in [0.25, 0.3) is 5.69 Å². The molecule has 5 nitrogen and oxygen atoms in total. The molecule has 0 saturated carbocycles. The van der Waals surface area contributed by atoms with Crippen LogP contribution in [-0.4, -0.2) is 20.9 Å². The number of hydrogen-bond acceptors (Lipinski definition) is 3. The lowest BCUT2D eigenvalue weighted by atomic mass is 10.0. The number of rotatable bonds is 5. The Morgan fingerprint density at radius 1 is 1.12 bits per heavy atom. The Balaban J connectivity index is 1.95. The van der Waals surface area contributed by atoms with Crippen LogP contribution in [0.3, 0.4) is 0 Å². The number of benzene rings is 2. The lowest BCUT2D eigenvalue weighted by Crippen LogP contribution is -2.03. The molecule has 25 heavy (non-hydrogen) atoms. The van der Waals surface area contributed by atoms with Crippen LogP contribution in [0, 0.1) is 18.3 Å². The van der Waals surface area contributed by atoms with E-state index in [1.165, 1.54) is 0 Å². The first-order valence-electron chi connectivity index (χ1n) is 7.96. The zero-order valence-electron chi connectivity index (χ0n) is 13.8. The fraction of sp³-hybridized carbons (Fsp3) is 0.150. The molecule has 0 amide bonds. The Kier molecular flexibility index (Phi) is 4.62. The van der Waals surface area contributed by atoms with E-state index in [4.69, 9.17) is 5.26 Å². The average molecular weight is 331 g/mol. The van der Waals surface area contributed by atoms with Gasteiger partial charge in [-0.15, -0.1) is 0 Å². The Labute approximate surface area is 145 Å². The van der Waals surface area contributed by atoms with Gasteiger partial charge >= 0.3 is 5.97 Å². The lowest BCUT2D eigenvalue weighted by Gasteiger charge is -2.04. The van der Waals surface area contributed by atoms with Gasteiger partial charge in [-0.3, -0.25) is 0 Å². The number of nitriles is 1. The fourth-order valence-electron chi connectivity index (χ4n) is 2.85. The first kappa shape index (κ1) is 16.5. The topological polar surface area (TPSA) is 78.9 Å². The molecule has 0 unspecified atom stereocenters. The van der Waals surface area contributed by atoms with Gasteiger partial charge in [0.2, 0.25) is 0 Å². The summed E-state index contributed by atoms with van der Waals surface area (Å²) in [5.74, 6) is -0.972. The van der Waals surface area contributed by atoms with Crippen molar-refractivity contribution in [2.24, 2.45) is 0 Å². The van der Waals surface area contributed by atoms with Crippen molar-refractivity contribution in [3.05, 3.63) is 82.7 Å². The lowest BCUT2D eigenvalue weighted by molar-refractivity contribution is 0.0695. The molecule has 1 heterocycles. The Morgan fingerprint density at radius 3 is 2.40 bits per heavy atom. The largest absolute Gasteiger partial charge is 0.478 e. The molecule has 5 heteroatoms. The molecular formula is C20H17N3O2. The van der Waals surface area contributed by atoms with Crippen LogP contribution < -0.4 is 0 Å². The monoisotopic (exact) mass is 331 g/mol. The highest BCUT2D eigenvalue weighted by Crippen LogP contribution is 2.20. The number of hydrogen-bond donors (Lipinski definition) is 1. The third kappa shape index (κ3) is 3.43. The molecule has 0 atom stereocenters. The first-order valence-corrected chi connectivity index (χ1v) is 7.96. The predicted octanol–water partition coefficient (Wildman–Crippen LogP) is 3.54. The Bertz CT molecular complexity index is 936. The van der Waals surface area contributed by atoms with Gasteiger partial charge in [-0.1, -0.05) is 30.3 Å². The molecule has 1 aromatic heterocycles. The van der Waals surface area contributed by atoms with E-state index in [2.05, 4.69) is 11.2 Å². The normalized spacial score (nSPS) is 10.4. The molecule has 1 N–H and O–H groups in total. The number of aromatic carboxylic acids is 1. The summed E-state index contributed by atoms with van der Waals surface area (Å²) in [6, 6.07) is 18.9. The summed E-state index contributed by atoms with van der Waals surface area (Å²) in [6.07, 6.45) is 1.28. The van der Waals surface area contributed by atoms with Crippen LogP contribution in [0.1, 0.15) is 32.9 Å². The zero-order valence-corrected chi connectivity index (χ0v) is 13.8. The highest BCUT2D eigenvalue weighted by molar-refractivity contribution is 5.90. The second-order valence-electron chi connectivity index (χ2n) is 5.77. The van der Waals surface area contributed by atoms with Crippen molar-refractivity contribution in [1.82, 2.24) is 9.78 Å². The maximum atomic E-state index is 11.7. The highest BCUT2D eigenvalue weighted by atomic mass is 16.4. The van der Waals surface area contributed by atoms with Crippen LogP contribution in [0.4, 0.5) is 0 Å². The number of nitrogens with zero attached hydrogens (tertiary/aromatic N) is 3. The fourth-order valence-corrected chi connectivity index (χ4v) is 2.85. The summed E-state index contributed by atoms with van der Waals surface area (Å²) in [5.41, 5.74) is 3.84. The molecule has 0 spiro atoms. The van der Waals surface area contributed by atoms with Crippen LogP contribution in [0.15, 0.2) is 54.6 Å². The van der Waals surface area contributed by atoms with Crippen LogP contribution >= 0.6 is 0 Å². The molecular weight excluding hydrogens is 314 g/mol. The van der Waals surface area contributed by atoms with Crippen LogP contribution in [-0.2, 0) is 12.8 Å². The van der Waals surface area contributed by atoms with E-state index in [1.807, 2.05) is 30.3 Å². The van der Waals surface area contributed by atoms with E-state index in [0.717, 1.165) is 17.7 Å². The van der Waals surface area contributed by atoms with Gasteiger partial charge in [0.25, 0.3) is 0 Å². The molecule has 0 saturated heterocycles. The Morgan fingerprint density at radius 2 is 1.80 bits per heavy atom. The van der Waals surface area contributed by atoms with Gasteiger partial charge in [0.1, 0.15) is 5.56 Å². The quantitative estimate of drug-likeness (QED) is 0.775. The molecule has 0 fully saturated rings. The minimum Gasteiger partial charge on any atom is -0.478 e. The van der Waals surface area contributed by atoms with Crippen molar-refractivity contribution in [3.63, 3.8) is 0 Å². The minimum absolute atomic E-state index is 0.250. The maximum Gasteiger partial charge on any atom is 0.339 e. The zero-order chi connectivity index (χ0) is 17.8. The number of aromatic nitrogens is 2. The van der Waals surface area contributed by atoms with E-state index in [1.54, 1.807) is 35.9 Å². The molecule has 0 aliphatic rings. The highest BCUT2D eigenvalue weighted by Gasteiger charge is 2.21. The molecule has 2 aromatic carbocycles. The molecule has 0 radical (unpaired) electrons. The second kappa shape index (κ2) is 7.02. The third-order valence-corrected chi connectivity index (χ3v) is 4.14. The summed E-state index contributed by atoms with van der Waals surface area (Å²) in [6.45, 7) is 1.75. The predicted molar refractivity (Wildman–Crippen MR) is 93.8 cm³/mol. The number of carboxylic acids is 1. The van der Waals surface area contributed by atoms with Gasteiger partial charge in [0.05, 0.1) is 28.7 Å². The standard InChI is InChI=1S/C20H17N3O2/c1-14-19(20(24)25)18(12-9-15-5-3-2-4-6-15)22-23(14)17-10-7-16(13-21)8-11-17/h2-8,10-11H,9,12H2,1H3,(H,24,25). The number of carbonyl (C=O) groups is 1. The van der Waals surface area contributed by atoms with Crippen molar-refractivity contribution in [3.8, 4) is 11.8 Å². The molecule has 124 valence electrons. The second-order valence-corrected chi connectivity index (χ2v) is 5.77. The molecule has 0 aliphatic carbocycles. The molecule has 0 aliphatic heterocycles. The smallest absolute Gasteiger partial charge is 0.339 e. The van der Waals surface area contributed by atoms with E-state index in [0.29, 0.717) is 23.4 Å². The molecule has 3 rings (SSSR count). The minimum atomic E-state index is -0.972. The summed E-state index contributed by atoms with van der Waals surface area (Å²) >= 11 is 0.